The first-order valence-corrected chi connectivity index (χ1v) is 5.19. The van der Waals surface area contributed by atoms with Crippen LogP contribution >= 0.6 is 11.6 Å². The van der Waals surface area contributed by atoms with Crippen molar-refractivity contribution in [1.82, 2.24) is 4.98 Å². The Morgan fingerprint density at radius 1 is 1.36 bits per heavy atom. The smallest absolute Gasteiger partial charge is 0.0340 e. The lowest BCUT2D eigenvalue weighted by atomic mass is 10.00. The van der Waals surface area contributed by atoms with Crippen molar-refractivity contribution in [3.8, 4) is 0 Å². The number of hydrogen-bond donors (Lipinski definition) is 0. The van der Waals surface area contributed by atoms with E-state index in [1.165, 1.54) is 5.57 Å². The van der Waals surface area contributed by atoms with E-state index in [2.05, 4.69) is 23.2 Å². The van der Waals surface area contributed by atoms with Crippen molar-refractivity contribution in [3.63, 3.8) is 0 Å². The summed E-state index contributed by atoms with van der Waals surface area (Å²) in [5.74, 6) is 0. The van der Waals surface area contributed by atoms with E-state index in [-0.39, 0.29) is 0 Å². The molecule has 0 spiro atoms. The number of halogens is 1. The molecule has 1 heterocycles. The lowest BCUT2D eigenvalue weighted by Gasteiger charge is -2.09. The van der Waals surface area contributed by atoms with Crippen LogP contribution in [0.4, 0.5) is 0 Å². The minimum absolute atomic E-state index is 0.964. The largest absolute Gasteiger partial charge is 0.264 e. The Bertz CT molecular complexity index is 365. The number of pyridine rings is 1. The van der Waals surface area contributed by atoms with Crippen molar-refractivity contribution in [2.75, 3.05) is 0 Å². The Kier molecular flexibility index (Phi) is 3.00. The van der Waals surface area contributed by atoms with Crippen molar-refractivity contribution in [1.29, 1.82) is 0 Å². The van der Waals surface area contributed by atoms with Crippen LogP contribution in [0.1, 0.15) is 24.8 Å². The van der Waals surface area contributed by atoms with E-state index >= 15 is 0 Å². The fourth-order valence-corrected chi connectivity index (χ4v) is 1.87. The summed E-state index contributed by atoms with van der Waals surface area (Å²) in [6, 6.07) is 4.00. The summed E-state index contributed by atoms with van der Waals surface area (Å²) < 4.78 is 0. The molecule has 0 aromatic carbocycles. The maximum absolute atomic E-state index is 5.98. The van der Waals surface area contributed by atoms with Gasteiger partial charge in [-0.05, 0) is 42.5 Å². The fourth-order valence-electron chi connectivity index (χ4n) is 1.60. The van der Waals surface area contributed by atoms with Crippen LogP contribution in [0.15, 0.2) is 41.2 Å². The first kappa shape index (κ1) is 9.47. The average Bonchev–Trinajstić information content (AvgIpc) is 2.19. The molecular formula is C12H12ClN. The topological polar surface area (TPSA) is 12.9 Å². The van der Waals surface area contributed by atoms with Gasteiger partial charge in [0, 0.05) is 17.4 Å². The molecule has 72 valence electrons. The van der Waals surface area contributed by atoms with Crippen molar-refractivity contribution in [2.45, 2.75) is 19.3 Å². The summed E-state index contributed by atoms with van der Waals surface area (Å²) >= 11 is 5.98. The summed E-state index contributed by atoms with van der Waals surface area (Å²) in [5, 5.41) is 0.964. The van der Waals surface area contributed by atoms with E-state index in [9.17, 15) is 0 Å². The number of allylic oxidation sites excluding steroid dienone is 3. The second-order valence-corrected chi connectivity index (χ2v) is 3.94. The molecule has 0 radical (unpaired) electrons. The first-order chi connectivity index (χ1) is 6.84. The molecule has 0 unspecified atom stereocenters. The molecule has 2 heteroatoms. The van der Waals surface area contributed by atoms with Crippen LogP contribution in [0, 0.1) is 0 Å². The standard InChI is InChI=1S/C12H12ClN/c13-12-5-1-3-10(8-12)7-11-4-2-6-14-9-11/h2,4,6-9H,1,3,5H2. The fraction of sp³-hybridized carbons (Fsp3) is 0.250. The molecule has 0 bridgehead atoms. The molecule has 0 amide bonds. The van der Waals surface area contributed by atoms with E-state index in [1.54, 1.807) is 6.20 Å². The van der Waals surface area contributed by atoms with Crippen LogP contribution in [0.3, 0.4) is 0 Å². The zero-order valence-corrected chi connectivity index (χ0v) is 8.67. The molecule has 1 aliphatic carbocycles. The molecule has 1 aliphatic rings. The summed E-state index contributed by atoms with van der Waals surface area (Å²) in [6.07, 6.45) is 11.2. The second-order valence-electron chi connectivity index (χ2n) is 3.45. The second kappa shape index (κ2) is 4.43. The quantitative estimate of drug-likeness (QED) is 0.680. The minimum atomic E-state index is 0.964. The zero-order valence-electron chi connectivity index (χ0n) is 7.91. The van der Waals surface area contributed by atoms with Crippen LogP contribution in [0.25, 0.3) is 6.08 Å². The highest BCUT2D eigenvalue weighted by Crippen LogP contribution is 2.25. The Morgan fingerprint density at radius 3 is 3.00 bits per heavy atom. The third-order valence-electron chi connectivity index (χ3n) is 2.26. The highest BCUT2D eigenvalue weighted by atomic mass is 35.5. The van der Waals surface area contributed by atoms with Gasteiger partial charge in [0.2, 0.25) is 0 Å². The van der Waals surface area contributed by atoms with E-state index < -0.39 is 0 Å². The van der Waals surface area contributed by atoms with Gasteiger partial charge >= 0.3 is 0 Å². The molecule has 0 saturated heterocycles. The number of nitrogens with zero attached hydrogens (tertiary/aromatic N) is 1. The van der Waals surface area contributed by atoms with Crippen molar-refractivity contribution >= 4 is 17.7 Å². The van der Waals surface area contributed by atoms with Crippen LogP contribution < -0.4 is 0 Å². The van der Waals surface area contributed by atoms with Crippen LogP contribution in [-0.2, 0) is 0 Å². The van der Waals surface area contributed by atoms with Gasteiger partial charge in [0.15, 0.2) is 0 Å². The normalized spacial score (nSPS) is 19.5. The van der Waals surface area contributed by atoms with Gasteiger partial charge in [0.25, 0.3) is 0 Å². The van der Waals surface area contributed by atoms with Gasteiger partial charge in [-0.2, -0.15) is 0 Å². The lowest BCUT2D eigenvalue weighted by Crippen LogP contribution is -1.90. The Balaban J connectivity index is 2.23. The molecule has 14 heavy (non-hydrogen) atoms. The molecule has 0 aliphatic heterocycles. The third-order valence-corrected chi connectivity index (χ3v) is 2.56. The minimum Gasteiger partial charge on any atom is -0.264 e. The molecule has 1 nitrogen and oxygen atoms in total. The predicted molar refractivity (Wildman–Crippen MR) is 60.0 cm³/mol. The first-order valence-electron chi connectivity index (χ1n) is 4.81. The van der Waals surface area contributed by atoms with E-state index in [4.69, 9.17) is 11.6 Å². The predicted octanol–water partition coefficient (Wildman–Crippen LogP) is 3.77. The van der Waals surface area contributed by atoms with E-state index in [0.29, 0.717) is 0 Å². The Morgan fingerprint density at radius 2 is 2.29 bits per heavy atom. The van der Waals surface area contributed by atoms with Gasteiger partial charge in [-0.25, -0.2) is 0 Å². The van der Waals surface area contributed by atoms with Gasteiger partial charge in [-0.1, -0.05) is 23.7 Å². The van der Waals surface area contributed by atoms with Gasteiger partial charge in [0.05, 0.1) is 0 Å². The molecule has 0 saturated carbocycles. The van der Waals surface area contributed by atoms with Crippen molar-refractivity contribution in [2.24, 2.45) is 0 Å². The summed E-state index contributed by atoms with van der Waals surface area (Å²) in [5.41, 5.74) is 2.44. The highest BCUT2D eigenvalue weighted by molar-refractivity contribution is 6.29. The molecule has 0 N–H and O–H groups in total. The van der Waals surface area contributed by atoms with Gasteiger partial charge in [-0.15, -0.1) is 0 Å². The van der Waals surface area contributed by atoms with Crippen LogP contribution in [-0.4, -0.2) is 4.98 Å². The summed E-state index contributed by atoms with van der Waals surface area (Å²) in [4.78, 5) is 4.07. The van der Waals surface area contributed by atoms with E-state index in [1.807, 2.05) is 12.3 Å². The van der Waals surface area contributed by atoms with Crippen molar-refractivity contribution < 1.29 is 0 Å². The monoisotopic (exact) mass is 205 g/mol. The van der Waals surface area contributed by atoms with Crippen LogP contribution in [0.2, 0.25) is 0 Å². The summed E-state index contributed by atoms with van der Waals surface area (Å²) in [7, 11) is 0. The maximum Gasteiger partial charge on any atom is 0.0340 e. The SMILES string of the molecule is ClC1=CC(=Cc2cccnc2)CCC1. The Labute approximate surface area is 89.1 Å². The number of aromatic nitrogens is 1. The zero-order chi connectivity index (χ0) is 9.80. The van der Waals surface area contributed by atoms with Crippen LogP contribution in [0.5, 0.6) is 0 Å². The lowest BCUT2D eigenvalue weighted by molar-refractivity contribution is 0.814. The van der Waals surface area contributed by atoms with Gasteiger partial charge in [-0.3, -0.25) is 4.98 Å². The molecule has 2 rings (SSSR count). The maximum atomic E-state index is 5.98. The molecule has 1 aromatic rings. The van der Waals surface area contributed by atoms with E-state index in [0.717, 1.165) is 29.9 Å². The number of rotatable bonds is 1. The number of hydrogen-bond acceptors (Lipinski definition) is 1. The summed E-state index contributed by atoms with van der Waals surface area (Å²) in [6.45, 7) is 0. The molecule has 1 aromatic heterocycles. The van der Waals surface area contributed by atoms with Crippen molar-refractivity contribution in [3.05, 3.63) is 46.8 Å². The molecule has 0 atom stereocenters. The highest BCUT2D eigenvalue weighted by Gasteiger charge is 2.04. The third kappa shape index (κ3) is 2.46. The Hall–Kier alpha value is -1.08. The van der Waals surface area contributed by atoms with Gasteiger partial charge in [0.1, 0.15) is 0 Å². The molecular weight excluding hydrogens is 194 g/mol. The molecule has 0 fully saturated rings. The average molecular weight is 206 g/mol. The van der Waals surface area contributed by atoms with Gasteiger partial charge < -0.3 is 0 Å².